The molecule has 1 saturated heterocycles. The third-order valence-electron chi connectivity index (χ3n) is 4.64. The van der Waals surface area contributed by atoms with Gasteiger partial charge in [0.1, 0.15) is 0 Å². The molecule has 7 heteroatoms. The maximum atomic E-state index is 13.1. The molecule has 138 valence electrons. The lowest BCUT2D eigenvalue weighted by molar-refractivity contribution is 0.0793. The van der Waals surface area contributed by atoms with Crippen molar-refractivity contribution in [3.05, 3.63) is 63.2 Å². The van der Waals surface area contributed by atoms with Gasteiger partial charge in [0, 0.05) is 34.7 Å². The third kappa shape index (κ3) is 3.70. The van der Waals surface area contributed by atoms with Gasteiger partial charge in [-0.05, 0) is 49.2 Å². The lowest BCUT2D eigenvalue weighted by atomic mass is 10.1. The zero-order valence-corrected chi connectivity index (χ0v) is 16.6. The van der Waals surface area contributed by atoms with Crippen LogP contribution in [0.1, 0.15) is 23.2 Å². The highest BCUT2D eigenvalue weighted by Gasteiger charge is 2.24. The van der Waals surface area contributed by atoms with Crippen LogP contribution in [0.5, 0.6) is 0 Å². The van der Waals surface area contributed by atoms with E-state index in [9.17, 15) is 4.79 Å². The highest BCUT2D eigenvalue weighted by Crippen LogP contribution is 2.35. The second-order valence-corrected chi connectivity index (χ2v) is 7.74. The summed E-state index contributed by atoms with van der Waals surface area (Å²) in [6, 6.07) is 10.6. The molecule has 4 nitrogen and oxygen atoms in total. The first-order chi connectivity index (χ1) is 13.0. The molecule has 2 heterocycles. The largest absolute Gasteiger partial charge is 0.353 e. The fourth-order valence-corrected chi connectivity index (χ4v) is 3.91. The van der Waals surface area contributed by atoms with Gasteiger partial charge in [-0.2, -0.15) is 0 Å². The first-order valence-corrected chi connectivity index (χ1v) is 9.76. The van der Waals surface area contributed by atoms with Crippen molar-refractivity contribution in [3.8, 4) is 0 Å². The summed E-state index contributed by atoms with van der Waals surface area (Å²) in [5.41, 5.74) is 2.54. The van der Waals surface area contributed by atoms with E-state index in [4.69, 9.17) is 34.8 Å². The smallest absolute Gasteiger partial charge is 0.257 e. The Bertz CT molecular complexity index is 1030. The number of carbonyl (C=O) groups is 1. The Morgan fingerprint density at radius 3 is 2.44 bits per heavy atom. The second kappa shape index (κ2) is 7.55. The Morgan fingerprint density at radius 1 is 1.00 bits per heavy atom. The van der Waals surface area contributed by atoms with Crippen LogP contribution in [0, 0.1) is 0 Å². The number of rotatable bonds is 3. The Labute approximate surface area is 172 Å². The summed E-state index contributed by atoms with van der Waals surface area (Å²) in [4.78, 5) is 19.4. The van der Waals surface area contributed by atoms with Crippen LogP contribution in [0.4, 0.5) is 11.4 Å². The summed E-state index contributed by atoms with van der Waals surface area (Å²) in [5, 5.41) is 5.65. The Kier molecular flexibility index (Phi) is 5.13. The number of anilines is 2. The minimum Gasteiger partial charge on any atom is -0.353 e. The zero-order chi connectivity index (χ0) is 19.0. The number of likely N-dealkylation sites (tertiary alicyclic amines) is 1. The lowest BCUT2D eigenvalue weighted by Gasteiger charge is -2.20. The number of pyridine rings is 1. The number of aromatic nitrogens is 1. The normalized spacial score (nSPS) is 14.0. The van der Waals surface area contributed by atoms with Gasteiger partial charge in [0.25, 0.3) is 5.91 Å². The predicted octanol–water partition coefficient (Wildman–Crippen LogP) is 6.17. The van der Waals surface area contributed by atoms with Gasteiger partial charge in [0.05, 0.1) is 27.5 Å². The van der Waals surface area contributed by atoms with Gasteiger partial charge >= 0.3 is 0 Å². The summed E-state index contributed by atoms with van der Waals surface area (Å²) in [5.74, 6) is -0.0468. The molecule has 1 aromatic heterocycles. The SMILES string of the molecule is O=C(c1cnc2ccc(Cl)cc2c1Nc1ccc(Cl)cc1Cl)N1CCCC1. The maximum Gasteiger partial charge on any atom is 0.257 e. The number of halogens is 3. The molecule has 1 amide bonds. The van der Waals surface area contributed by atoms with Gasteiger partial charge in [0.15, 0.2) is 0 Å². The van der Waals surface area contributed by atoms with Crippen molar-refractivity contribution < 1.29 is 4.79 Å². The highest BCUT2D eigenvalue weighted by molar-refractivity contribution is 6.36. The van der Waals surface area contributed by atoms with Gasteiger partial charge in [-0.25, -0.2) is 0 Å². The molecule has 0 saturated carbocycles. The Morgan fingerprint density at radius 2 is 1.70 bits per heavy atom. The number of hydrogen-bond donors (Lipinski definition) is 1. The molecule has 0 spiro atoms. The van der Waals surface area contributed by atoms with E-state index in [1.54, 1.807) is 36.5 Å². The molecular formula is C20H16Cl3N3O. The van der Waals surface area contributed by atoms with Gasteiger partial charge < -0.3 is 10.2 Å². The number of fused-ring (bicyclic) bond motifs is 1. The van der Waals surface area contributed by atoms with E-state index in [-0.39, 0.29) is 5.91 Å². The van der Waals surface area contributed by atoms with Crippen LogP contribution in [-0.2, 0) is 0 Å². The Hall–Kier alpha value is -2.01. The number of hydrogen-bond acceptors (Lipinski definition) is 3. The predicted molar refractivity (Wildman–Crippen MR) is 112 cm³/mol. The van der Waals surface area contributed by atoms with Crippen molar-refractivity contribution in [2.24, 2.45) is 0 Å². The van der Waals surface area contributed by atoms with E-state index < -0.39 is 0 Å². The van der Waals surface area contributed by atoms with Crippen LogP contribution in [0.3, 0.4) is 0 Å². The van der Waals surface area contributed by atoms with E-state index in [1.807, 2.05) is 11.0 Å². The van der Waals surface area contributed by atoms with Crippen molar-refractivity contribution in [1.29, 1.82) is 0 Å². The Balaban J connectivity index is 1.87. The molecule has 1 aliphatic rings. The van der Waals surface area contributed by atoms with Gasteiger partial charge in [-0.1, -0.05) is 34.8 Å². The van der Waals surface area contributed by atoms with Crippen LogP contribution in [-0.4, -0.2) is 28.9 Å². The van der Waals surface area contributed by atoms with Gasteiger partial charge in [0.2, 0.25) is 0 Å². The van der Waals surface area contributed by atoms with Crippen LogP contribution in [0.2, 0.25) is 15.1 Å². The summed E-state index contributed by atoms with van der Waals surface area (Å²) < 4.78 is 0. The molecule has 1 N–H and O–H groups in total. The monoisotopic (exact) mass is 419 g/mol. The minimum atomic E-state index is -0.0468. The molecule has 3 aromatic rings. The standard InChI is InChI=1S/C20H16Cl3N3O/c21-12-3-5-17-14(9-12)19(25-18-6-4-13(22)10-16(18)23)15(11-24-17)20(27)26-7-1-2-8-26/h3-6,9-11H,1-2,7-8H2,(H,24,25). The fourth-order valence-electron chi connectivity index (χ4n) is 3.28. The average molecular weight is 421 g/mol. The number of amides is 1. The summed E-state index contributed by atoms with van der Waals surface area (Å²) >= 11 is 18.6. The van der Waals surface area contributed by atoms with Crippen molar-refractivity contribution in [1.82, 2.24) is 9.88 Å². The first-order valence-electron chi connectivity index (χ1n) is 8.62. The molecule has 2 aromatic carbocycles. The van der Waals surface area contributed by atoms with Crippen molar-refractivity contribution in [3.63, 3.8) is 0 Å². The summed E-state index contributed by atoms with van der Waals surface area (Å²) in [6.45, 7) is 1.51. The van der Waals surface area contributed by atoms with Crippen LogP contribution in [0.25, 0.3) is 10.9 Å². The highest BCUT2D eigenvalue weighted by atomic mass is 35.5. The molecule has 0 bridgehead atoms. The van der Waals surface area contributed by atoms with Crippen molar-refractivity contribution in [2.45, 2.75) is 12.8 Å². The van der Waals surface area contributed by atoms with E-state index in [2.05, 4.69) is 10.3 Å². The van der Waals surface area contributed by atoms with Crippen LogP contribution >= 0.6 is 34.8 Å². The summed E-state index contributed by atoms with van der Waals surface area (Å²) in [6.07, 6.45) is 3.65. The van der Waals surface area contributed by atoms with Crippen LogP contribution in [0.15, 0.2) is 42.6 Å². The van der Waals surface area contributed by atoms with Crippen molar-refractivity contribution >= 4 is 63.0 Å². The molecule has 27 heavy (non-hydrogen) atoms. The lowest BCUT2D eigenvalue weighted by Crippen LogP contribution is -2.28. The maximum absolute atomic E-state index is 13.1. The molecule has 1 aliphatic heterocycles. The topological polar surface area (TPSA) is 45.2 Å². The van der Waals surface area contributed by atoms with Gasteiger partial charge in [-0.3, -0.25) is 9.78 Å². The van der Waals surface area contributed by atoms with E-state index in [0.717, 1.165) is 36.8 Å². The number of carbonyl (C=O) groups excluding carboxylic acids is 1. The quantitative estimate of drug-likeness (QED) is 0.550. The average Bonchev–Trinajstić information content (AvgIpc) is 3.18. The molecular weight excluding hydrogens is 405 g/mol. The molecule has 4 rings (SSSR count). The molecule has 0 unspecified atom stereocenters. The molecule has 0 aliphatic carbocycles. The number of benzene rings is 2. The van der Waals surface area contributed by atoms with Crippen molar-refractivity contribution in [2.75, 3.05) is 18.4 Å². The third-order valence-corrected chi connectivity index (χ3v) is 5.43. The first kappa shape index (κ1) is 18.4. The zero-order valence-electron chi connectivity index (χ0n) is 14.3. The van der Waals surface area contributed by atoms with Crippen LogP contribution < -0.4 is 5.32 Å². The van der Waals surface area contributed by atoms with E-state index in [1.165, 1.54) is 0 Å². The minimum absolute atomic E-state index is 0.0468. The molecule has 0 radical (unpaired) electrons. The second-order valence-electron chi connectivity index (χ2n) is 6.46. The fraction of sp³-hybridized carbons (Fsp3) is 0.200. The molecule has 0 atom stereocenters. The summed E-state index contributed by atoms with van der Waals surface area (Å²) in [7, 11) is 0. The number of nitrogens with zero attached hydrogens (tertiary/aromatic N) is 2. The van der Waals surface area contributed by atoms with E-state index in [0.29, 0.717) is 32.0 Å². The van der Waals surface area contributed by atoms with Gasteiger partial charge in [-0.15, -0.1) is 0 Å². The molecule has 1 fully saturated rings. The number of nitrogens with one attached hydrogen (secondary N) is 1. The van der Waals surface area contributed by atoms with E-state index >= 15 is 0 Å².